The van der Waals surface area contributed by atoms with E-state index in [1.54, 1.807) is 31.4 Å². The van der Waals surface area contributed by atoms with E-state index < -0.39 is 0 Å². The number of hydrogen-bond donors (Lipinski definition) is 2. The van der Waals surface area contributed by atoms with Crippen molar-refractivity contribution in [1.82, 2.24) is 10.2 Å². The first-order valence-corrected chi connectivity index (χ1v) is 9.06. The Balaban J connectivity index is 1.58. The first kappa shape index (κ1) is 18.3. The van der Waals surface area contributed by atoms with Crippen molar-refractivity contribution in [3.05, 3.63) is 59.7 Å². The molecule has 2 aromatic rings. The Kier molecular flexibility index (Phi) is 5.83. The summed E-state index contributed by atoms with van der Waals surface area (Å²) in [6, 6.07) is 14.5. The quantitative estimate of drug-likeness (QED) is 0.814. The van der Waals surface area contributed by atoms with Gasteiger partial charge in [0.1, 0.15) is 5.75 Å². The van der Waals surface area contributed by atoms with Gasteiger partial charge in [0.25, 0.3) is 11.8 Å². The van der Waals surface area contributed by atoms with Crippen LogP contribution in [0.15, 0.2) is 53.4 Å². The standard InChI is InChI=1S/C20H22N2O3S/c1-25-17-8-4-2-6-15(17)20(24)22-12-10-14(11-13-22)21-19(23)16-7-3-5-9-18(16)26/h2-9,14,26H,10-13H2,1H3,(H,21,23). The number of likely N-dealkylation sites (tertiary alicyclic amines) is 1. The number of benzene rings is 2. The van der Waals surface area contributed by atoms with Crippen LogP contribution in [0.2, 0.25) is 0 Å². The summed E-state index contributed by atoms with van der Waals surface area (Å²) >= 11 is 4.33. The van der Waals surface area contributed by atoms with Crippen LogP contribution in [-0.4, -0.2) is 43.0 Å². The number of rotatable bonds is 4. The molecule has 2 amide bonds. The third-order valence-electron chi connectivity index (χ3n) is 4.60. The van der Waals surface area contributed by atoms with Crippen molar-refractivity contribution < 1.29 is 14.3 Å². The van der Waals surface area contributed by atoms with Crippen LogP contribution in [0.3, 0.4) is 0 Å². The third kappa shape index (κ3) is 4.02. The molecule has 0 bridgehead atoms. The monoisotopic (exact) mass is 370 g/mol. The maximum Gasteiger partial charge on any atom is 0.257 e. The molecule has 0 unspecified atom stereocenters. The average molecular weight is 370 g/mol. The number of carbonyl (C=O) groups is 2. The molecule has 1 N–H and O–H groups in total. The zero-order valence-corrected chi connectivity index (χ0v) is 15.5. The highest BCUT2D eigenvalue weighted by molar-refractivity contribution is 7.80. The number of hydrogen-bond acceptors (Lipinski definition) is 4. The highest BCUT2D eigenvalue weighted by atomic mass is 32.1. The summed E-state index contributed by atoms with van der Waals surface area (Å²) in [6.07, 6.45) is 1.45. The minimum atomic E-state index is -0.120. The summed E-state index contributed by atoms with van der Waals surface area (Å²) in [4.78, 5) is 27.6. The Morgan fingerprint density at radius 3 is 2.31 bits per heavy atom. The average Bonchev–Trinajstić information content (AvgIpc) is 2.68. The lowest BCUT2D eigenvalue weighted by Gasteiger charge is -2.32. The van der Waals surface area contributed by atoms with E-state index in [1.165, 1.54) is 0 Å². The highest BCUT2D eigenvalue weighted by Gasteiger charge is 2.26. The van der Waals surface area contributed by atoms with Gasteiger partial charge in [0.2, 0.25) is 0 Å². The predicted octanol–water partition coefficient (Wildman–Crippen LogP) is 3.02. The zero-order valence-electron chi connectivity index (χ0n) is 14.6. The number of ether oxygens (including phenoxy) is 1. The van der Waals surface area contributed by atoms with E-state index >= 15 is 0 Å². The number of para-hydroxylation sites is 1. The molecule has 1 heterocycles. The molecule has 2 aromatic carbocycles. The molecule has 1 aliphatic rings. The van der Waals surface area contributed by atoms with Crippen molar-refractivity contribution in [3.63, 3.8) is 0 Å². The summed E-state index contributed by atoms with van der Waals surface area (Å²) in [5.41, 5.74) is 1.14. The topological polar surface area (TPSA) is 58.6 Å². The van der Waals surface area contributed by atoms with Gasteiger partial charge in [0.05, 0.1) is 18.2 Å². The number of methoxy groups -OCH3 is 1. The maximum absolute atomic E-state index is 12.7. The molecule has 0 aromatic heterocycles. The fourth-order valence-electron chi connectivity index (χ4n) is 3.15. The first-order chi connectivity index (χ1) is 12.6. The fourth-order valence-corrected chi connectivity index (χ4v) is 3.41. The molecule has 0 atom stereocenters. The molecular weight excluding hydrogens is 348 g/mol. The number of carbonyl (C=O) groups excluding carboxylic acids is 2. The molecule has 0 aliphatic carbocycles. The van der Waals surface area contributed by atoms with Crippen LogP contribution in [0.5, 0.6) is 5.75 Å². The largest absolute Gasteiger partial charge is 0.496 e. The van der Waals surface area contributed by atoms with Gasteiger partial charge in [0, 0.05) is 24.0 Å². The number of nitrogens with zero attached hydrogens (tertiary/aromatic N) is 1. The van der Waals surface area contributed by atoms with Crippen molar-refractivity contribution in [2.24, 2.45) is 0 Å². The molecule has 5 nitrogen and oxygen atoms in total. The Hall–Kier alpha value is -2.47. The van der Waals surface area contributed by atoms with Gasteiger partial charge >= 0.3 is 0 Å². The Labute approximate surface area is 158 Å². The van der Waals surface area contributed by atoms with Gasteiger partial charge in [-0.3, -0.25) is 9.59 Å². The van der Waals surface area contributed by atoms with E-state index in [0.29, 0.717) is 34.9 Å². The van der Waals surface area contributed by atoms with Gasteiger partial charge in [-0.1, -0.05) is 24.3 Å². The lowest BCUT2D eigenvalue weighted by Crippen LogP contribution is -2.46. The number of piperidine rings is 1. The van der Waals surface area contributed by atoms with Crippen molar-refractivity contribution in [3.8, 4) is 5.75 Å². The summed E-state index contributed by atoms with van der Waals surface area (Å²) in [5.74, 6) is 0.427. The van der Waals surface area contributed by atoms with Gasteiger partial charge in [-0.15, -0.1) is 12.6 Å². The van der Waals surface area contributed by atoms with Crippen LogP contribution in [-0.2, 0) is 0 Å². The van der Waals surface area contributed by atoms with Gasteiger partial charge in [0.15, 0.2) is 0 Å². The van der Waals surface area contributed by atoms with E-state index in [9.17, 15) is 9.59 Å². The minimum absolute atomic E-state index is 0.0343. The second-order valence-electron chi connectivity index (χ2n) is 6.26. The number of amides is 2. The molecule has 1 aliphatic heterocycles. The van der Waals surface area contributed by atoms with Gasteiger partial charge in [-0.2, -0.15) is 0 Å². The number of thiol groups is 1. The summed E-state index contributed by atoms with van der Waals surface area (Å²) < 4.78 is 5.28. The number of nitrogens with one attached hydrogen (secondary N) is 1. The summed E-state index contributed by atoms with van der Waals surface area (Å²) in [5, 5.41) is 3.05. The second kappa shape index (κ2) is 8.27. The van der Waals surface area contributed by atoms with Crippen LogP contribution in [0.1, 0.15) is 33.6 Å². The SMILES string of the molecule is COc1ccccc1C(=O)N1CCC(NC(=O)c2ccccc2S)CC1. The molecule has 0 spiro atoms. The highest BCUT2D eigenvalue weighted by Crippen LogP contribution is 2.22. The van der Waals surface area contributed by atoms with Crippen molar-refractivity contribution in [2.75, 3.05) is 20.2 Å². The smallest absolute Gasteiger partial charge is 0.257 e. The maximum atomic E-state index is 12.7. The second-order valence-corrected chi connectivity index (χ2v) is 6.74. The van der Waals surface area contributed by atoms with Crippen LogP contribution in [0.4, 0.5) is 0 Å². The van der Waals surface area contributed by atoms with Crippen LogP contribution in [0.25, 0.3) is 0 Å². The van der Waals surface area contributed by atoms with Gasteiger partial charge < -0.3 is 15.0 Å². The van der Waals surface area contributed by atoms with Crippen molar-refractivity contribution in [2.45, 2.75) is 23.8 Å². The summed E-state index contributed by atoms with van der Waals surface area (Å²) in [6.45, 7) is 1.20. The third-order valence-corrected chi connectivity index (χ3v) is 4.99. The zero-order chi connectivity index (χ0) is 18.5. The normalized spacial score (nSPS) is 14.8. The minimum Gasteiger partial charge on any atom is -0.496 e. The van der Waals surface area contributed by atoms with Crippen LogP contribution < -0.4 is 10.1 Å². The van der Waals surface area contributed by atoms with E-state index in [2.05, 4.69) is 17.9 Å². The van der Waals surface area contributed by atoms with Gasteiger partial charge in [-0.05, 0) is 37.1 Å². The van der Waals surface area contributed by atoms with Crippen molar-refractivity contribution >= 4 is 24.4 Å². The summed E-state index contributed by atoms with van der Waals surface area (Å²) in [7, 11) is 1.56. The van der Waals surface area contributed by atoms with Crippen molar-refractivity contribution in [1.29, 1.82) is 0 Å². The molecule has 0 radical (unpaired) electrons. The lowest BCUT2D eigenvalue weighted by molar-refractivity contribution is 0.0694. The molecule has 1 fully saturated rings. The van der Waals surface area contributed by atoms with E-state index in [4.69, 9.17) is 4.74 Å². The molecule has 136 valence electrons. The molecule has 1 saturated heterocycles. The van der Waals surface area contributed by atoms with Gasteiger partial charge in [-0.25, -0.2) is 0 Å². The fraction of sp³-hybridized carbons (Fsp3) is 0.300. The Morgan fingerprint density at radius 2 is 1.65 bits per heavy atom. The molecule has 0 saturated carbocycles. The first-order valence-electron chi connectivity index (χ1n) is 8.61. The van der Waals surface area contributed by atoms with Crippen LogP contribution >= 0.6 is 12.6 Å². The molecule has 26 heavy (non-hydrogen) atoms. The van der Waals surface area contributed by atoms with E-state index in [-0.39, 0.29) is 17.9 Å². The van der Waals surface area contributed by atoms with E-state index in [0.717, 1.165) is 12.8 Å². The Morgan fingerprint density at radius 1 is 1.04 bits per heavy atom. The molecular formula is C20H22N2O3S. The van der Waals surface area contributed by atoms with Crippen LogP contribution in [0, 0.1) is 0 Å². The predicted molar refractivity (Wildman–Crippen MR) is 103 cm³/mol. The Bertz CT molecular complexity index is 801. The van der Waals surface area contributed by atoms with E-state index in [1.807, 2.05) is 29.2 Å². The molecule has 3 rings (SSSR count). The lowest BCUT2D eigenvalue weighted by atomic mass is 10.0. The molecule has 6 heteroatoms.